The molecule has 0 spiro atoms. The number of nitrogens with zero attached hydrogens (tertiary/aromatic N) is 1. The van der Waals surface area contributed by atoms with Gasteiger partial charge in [-0.05, 0) is 24.7 Å². The Balaban J connectivity index is 2.27. The van der Waals surface area contributed by atoms with Crippen LogP contribution in [0.15, 0.2) is 0 Å². The van der Waals surface area contributed by atoms with Crippen LogP contribution in [0.25, 0.3) is 4.85 Å². The van der Waals surface area contributed by atoms with Crippen molar-refractivity contribution in [3.8, 4) is 0 Å². The Kier molecular flexibility index (Phi) is 3.35. The van der Waals surface area contributed by atoms with Gasteiger partial charge in [-0.25, -0.2) is 6.57 Å². The Hall–Kier alpha value is -0.580. The summed E-state index contributed by atoms with van der Waals surface area (Å²) < 4.78 is 12.3. The average molecular weight is 155 g/mol. The maximum Gasteiger partial charge on any atom is 0.215 e. The largest absolute Gasteiger partial charge is 0.317 e. The Morgan fingerprint density at radius 1 is 1.36 bits per heavy atom. The van der Waals surface area contributed by atoms with Crippen LogP contribution < -0.4 is 0 Å². The van der Waals surface area contributed by atoms with Gasteiger partial charge in [-0.3, -0.25) is 4.39 Å². The molecule has 62 valence electrons. The molecule has 0 heterocycles. The van der Waals surface area contributed by atoms with Gasteiger partial charge < -0.3 is 4.85 Å². The smallest absolute Gasteiger partial charge is 0.215 e. The lowest BCUT2D eigenvalue weighted by atomic mass is 9.94. The van der Waals surface area contributed by atoms with Gasteiger partial charge in [0.1, 0.15) is 0 Å². The second kappa shape index (κ2) is 4.33. The van der Waals surface area contributed by atoms with E-state index >= 15 is 0 Å². The lowest BCUT2D eigenvalue weighted by Gasteiger charge is -2.12. The first-order chi connectivity index (χ1) is 5.38. The van der Waals surface area contributed by atoms with Crippen molar-refractivity contribution in [3.63, 3.8) is 0 Å². The van der Waals surface area contributed by atoms with Crippen LogP contribution in [0.2, 0.25) is 0 Å². The third kappa shape index (κ3) is 2.18. The van der Waals surface area contributed by atoms with E-state index in [1.165, 1.54) is 0 Å². The standard InChI is InChI=1S/C9H14FN/c1-11-6-5-8-3-2-4-9(8)7-10/h8-9H,2-7H2. The van der Waals surface area contributed by atoms with Crippen LogP contribution in [-0.4, -0.2) is 13.2 Å². The fraction of sp³-hybridized carbons (Fsp3) is 0.889. The van der Waals surface area contributed by atoms with E-state index in [-0.39, 0.29) is 12.6 Å². The molecule has 0 amide bonds. The first kappa shape index (κ1) is 8.52. The lowest BCUT2D eigenvalue weighted by Crippen LogP contribution is -2.10. The van der Waals surface area contributed by atoms with Gasteiger partial charge in [0, 0.05) is 6.42 Å². The summed E-state index contributed by atoms with van der Waals surface area (Å²) in [6, 6.07) is 0. The second-order valence-corrected chi connectivity index (χ2v) is 3.28. The minimum absolute atomic E-state index is 0.178. The molecule has 2 atom stereocenters. The Bertz CT molecular complexity index is 150. The van der Waals surface area contributed by atoms with Crippen LogP contribution >= 0.6 is 0 Å². The van der Waals surface area contributed by atoms with E-state index in [4.69, 9.17) is 6.57 Å². The zero-order chi connectivity index (χ0) is 8.10. The molecule has 2 unspecified atom stereocenters. The summed E-state index contributed by atoms with van der Waals surface area (Å²) in [6.45, 7) is 7.03. The Morgan fingerprint density at radius 3 is 2.73 bits per heavy atom. The molecule has 1 aliphatic rings. The predicted octanol–water partition coefficient (Wildman–Crippen LogP) is 2.68. The molecule has 1 aliphatic carbocycles. The van der Waals surface area contributed by atoms with Crippen molar-refractivity contribution < 1.29 is 4.39 Å². The molecule has 0 saturated heterocycles. The molecule has 0 radical (unpaired) electrons. The van der Waals surface area contributed by atoms with E-state index in [0.717, 1.165) is 25.7 Å². The van der Waals surface area contributed by atoms with Crippen LogP contribution in [0.4, 0.5) is 4.39 Å². The highest BCUT2D eigenvalue weighted by Gasteiger charge is 2.27. The summed E-state index contributed by atoms with van der Waals surface area (Å²) in [7, 11) is 0. The van der Waals surface area contributed by atoms with E-state index in [9.17, 15) is 4.39 Å². The summed E-state index contributed by atoms with van der Waals surface area (Å²) in [5.74, 6) is 0.783. The van der Waals surface area contributed by atoms with Crippen molar-refractivity contribution in [1.82, 2.24) is 0 Å². The summed E-state index contributed by atoms with van der Waals surface area (Å²) in [4.78, 5) is 3.30. The van der Waals surface area contributed by atoms with E-state index in [0.29, 0.717) is 12.5 Å². The molecule has 1 rings (SSSR count). The fourth-order valence-electron chi connectivity index (χ4n) is 1.93. The van der Waals surface area contributed by atoms with Crippen LogP contribution in [0.1, 0.15) is 25.7 Å². The normalized spacial score (nSPS) is 30.2. The zero-order valence-electron chi connectivity index (χ0n) is 6.72. The SMILES string of the molecule is [C-]#[N+]CCC1CCCC1CF. The predicted molar refractivity (Wildman–Crippen MR) is 42.9 cm³/mol. The van der Waals surface area contributed by atoms with Crippen LogP contribution in [0.5, 0.6) is 0 Å². The van der Waals surface area contributed by atoms with Crippen LogP contribution in [0, 0.1) is 18.4 Å². The minimum atomic E-state index is -0.178. The quantitative estimate of drug-likeness (QED) is 0.552. The van der Waals surface area contributed by atoms with Gasteiger partial charge in [0.25, 0.3) is 0 Å². The van der Waals surface area contributed by atoms with E-state index in [1.807, 2.05) is 0 Å². The highest BCUT2D eigenvalue weighted by molar-refractivity contribution is 4.79. The summed E-state index contributed by atoms with van der Waals surface area (Å²) >= 11 is 0. The highest BCUT2D eigenvalue weighted by Crippen LogP contribution is 2.34. The minimum Gasteiger partial charge on any atom is -0.317 e. The summed E-state index contributed by atoms with van der Waals surface area (Å²) in [5, 5.41) is 0. The average Bonchev–Trinajstić information content (AvgIpc) is 2.47. The van der Waals surface area contributed by atoms with Crippen molar-refractivity contribution in [1.29, 1.82) is 0 Å². The van der Waals surface area contributed by atoms with Gasteiger partial charge in [0.2, 0.25) is 6.54 Å². The Labute approximate surface area is 67.4 Å². The fourth-order valence-corrected chi connectivity index (χ4v) is 1.93. The number of halogens is 1. The molecule has 0 aromatic heterocycles. The van der Waals surface area contributed by atoms with Gasteiger partial charge in [0.05, 0.1) is 6.67 Å². The molecule has 0 bridgehead atoms. The molecule has 2 heteroatoms. The van der Waals surface area contributed by atoms with Gasteiger partial charge in [0.15, 0.2) is 0 Å². The maximum absolute atomic E-state index is 12.3. The third-order valence-electron chi connectivity index (χ3n) is 2.63. The monoisotopic (exact) mass is 155 g/mol. The first-order valence-electron chi connectivity index (χ1n) is 4.27. The highest BCUT2D eigenvalue weighted by atomic mass is 19.1. The molecular weight excluding hydrogens is 141 g/mol. The van der Waals surface area contributed by atoms with E-state index in [2.05, 4.69) is 4.85 Å². The topological polar surface area (TPSA) is 4.36 Å². The van der Waals surface area contributed by atoms with Crippen molar-refractivity contribution >= 4 is 0 Å². The number of hydrogen-bond donors (Lipinski definition) is 0. The van der Waals surface area contributed by atoms with Gasteiger partial charge in [-0.2, -0.15) is 0 Å². The number of rotatable bonds is 3. The molecular formula is C9H14FN. The second-order valence-electron chi connectivity index (χ2n) is 3.28. The van der Waals surface area contributed by atoms with Crippen molar-refractivity contribution in [2.24, 2.45) is 11.8 Å². The van der Waals surface area contributed by atoms with Crippen molar-refractivity contribution in [3.05, 3.63) is 11.4 Å². The number of alkyl halides is 1. The molecule has 0 aliphatic heterocycles. The Morgan fingerprint density at radius 2 is 2.09 bits per heavy atom. The van der Waals surface area contributed by atoms with Crippen LogP contribution in [-0.2, 0) is 0 Å². The summed E-state index contributed by atoms with van der Waals surface area (Å²) in [6.07, 6.45) is 4.26. The third-order valence-corrected chi connectivity index (χ3v) is 2.63. The van der Waals surface area contributed by atoms with Gasteiger partial charge in [-0.15, -0.1) is 0 Å². The van der Waals surface area contributed by atoms with Crippen molar-refractivity contribution in [2.45, 2.75) is 25.7 Å². The van der Waals surface area contributed by atoms with E-state index < -0.39 is 0 Å². The number of hydrogen-bond acceptors (Lipinski definition) is 0. The van der Waals surface area contributed by atoms with E-state index in [1.54, 1.807) is 0 Å². The molecule has 0 aromatic carbocycles. The van der Waals surface area contributed by atoms with Gasteiger partial charge >= 0.3 is 0 Å². The molecule has 1 fully saturated rings. The lowest BCUT2D eigenvalue weighted by molar-refractivity contribution is 0.288. The van der Waals surface area contributed by atoms with Crippen molar-refractivity contribution in [2.75, 3.05) is 13.2 Å². The zero-order valence-corrected chi connectivity index (χ0v) is 6.72. The molecule has 0 N–H and O–H groups in total. The maximum atomic E-state index is 12.3. The molecule has 1 saturated carbocycles. The molecule has 1 nitrogen and oxygen atoms in total. The molecule has 0 aromatic rings. The summed E-state index contributed by atoms with van der Waals surface area (Å²) in [5.41, 5.74) is 0. The molecule has 11 heavy (non-hydrogen) atoms. The van der Waals surface area contributed by atoms with Gasteiger partial charge in [-0.1, -0.05) is 6.42 Å². The van der Waals surface area contributed by atoms with Crippen LogP contribution in [0.3, 0.4) is 0 Å². The first-order valence-corrected chi connectivity index (χ1v) is 4.27.